The number of hydrazone groups is 1. The lowest BCUT2D eigenvalue weighted by atomic mass is 10.1. The Morgan fingerprint density at radius 3 is 2.78 bits per heavy atom. The summed E-state index contributed by atoms with van der Waals surface area (Å²) >= 11 is 0. The molecule has 23 heavy (non-hydrogen) atoms. The molecule has 0 unspecified atom stereocenters. The van der Waals surface area contributed by atoms with E-state index < -0.39 is 0 Å². The fourth-order valence-electron chi connectivity index (χ4n) is 2.88. The number of rotatable bonds is 3. The van der Waals surface area contributed by atoms with Crippen molar-refractivity contribution in [3.05, 3.63) is 59.8 Å². The Morgan fingerprint density at radius 2 is 1.91 bits per heavy atom. The average Bonchev–Trinajstić information content (AvgIpc) is 3.09. The lowest BCUT2D eigenvalue weighted by Crippen LogP contribution is -1.95. The van der Waals surface area contributed by atoms with Gasteiger partial charge in [-0.1, -0.05) is 30.3 Å². The lowest BCUT2D eigenvalue weighted by molar-refractivity contribution is 0.916. The van der Waals surface area contributed by atoms with Gasteiger partial charge >= 0.3 is 0 Å². The van der Waals surface area contributed by atoms with Crippen LogP contribution in [0.25, 0.3) is 21.9 Å². The van der Waals surface area contributed by atoms with Gasteiger partial charge in [0, 0.05) is 29.2 Å². The SMILES string of the molecule is Cc1c(/C=N\Nc2nc3ccccc3[nH]2)c2ccccc2n1C. The van der Waals surface area contributed by atoms with E-state index in [2.05, 4.69) is 57.2 Å². The summed E-state index contributed by atoms with van der Waals surface area (Å²) in [5.74, 6) is 0.639. The molecule has 0 bridgehead atoms. The summed E-state index contributed by atoms with van der Waals surface area (Å²) in [5.41, 5.74) is 8.40. The first-order valence-electron chi connectivity index (χ1n) is 7.52. The quantitative estimate of drug-likeness (QED) is 0.446. The number of H-pyrrole nitrogens is 1. The zero-order chi connectivity index (χ0) is 15.8. The van der Waals surface area contributed by atoms with E-state index in [0.717, 1.165) is 16.6 Å². The van der Waals surface area contributed by atoms with Gasteiger partial charge in [0.15, 0.2) is 0 Å². The zero-order valence-corrected chi connectivity index (χ0v) is 13.0. The highest BCUT2D eigenvalue weighted by Gasteiger charge is 2.09. The Kier molecular flexibility index (Phi) is 3.12. The Balaban J connectivity index is 1.65. The van der Waals surface area contributed by atoms with Crippen LogP contribution in [0, 0.1) is 6.92 Å². The molecule has 2 N–H and O–H groups in total. The first kappa shape index (κ1) is 13.6. The van der Waals surface area contributed by atoms with Gasteiger partial charge in [-0.05, 0) is 25.1 Å². The molecule has 0 amide bonds. The second-order valence-electron chi connectivity index (χ2n) is 5.55. The third-order valence-electron chi connectivity index (χ3n) is 4.20. The molecule has 0 aliphatic carbocycles. The highest BCUT2D eigenvalue weighted by atomic mass is 15.3. The number of nitrogens with one attached hydrogen (secondary N) is 2. The predicted molar refractivity (Wildman–Crippen MR) is 95.0 cm³/mol. The van der Waals surface area contributed by atoms with Crippen molar-refractivity contribution in [1.29, 1.82) is 0 Å². The first-order valence-corrected chi connectivity index (χ1v) is 7.52. The van der Waals surface area contributed by atoms with E-state index >= 15 is 0 Å². The van der Waals surface area contributed by atoms with Crippen LogP contribution < -0.4 is 5.43 Å². The van der Waals surface area contributed by atoms with Crippen LogP contribution in [0.1, 0.15) is 11.3 Å². The number of aromatic nitrogens is 3. The lowest BCUT2D eigenvalue weighted by Gasteiger charge is -1.97. The third kappa shape index (κ3) is 2.26. The van der Waals surface area contributed by atoms with Gasteiger partial charge in [-0.15, -0.1) is 0 Å². The standard InChI is InChI=1S/C18H17N5/c1-12-14(13-7-3-6-10-17(13)23(12)2)11-19-22-18-20-15-8-4-5-9-16(15)21-18/h3-11H,1-2H3,(H2,20,21,22)/b19-11-. The van der Waals surface area contributed by atoms with E-state index in [4.69, 9.17) is 0 Å². The van der Waals surface area contributed by atoms with Crippen molar-refractivity contribution in [2.45, 2.75) is 6.92 Å². The largest absolute Gasteiger partial charge is 0.347 e. The molecule has 4 aromatic rings. The van der Waals surface area contributed by atoms with Crippen molar-refractivity contribution in [2.75, 3.05) is 5.43 Å². The monoisotopic (exact) mass is 303 g/mol. The number of hydrogen-bond acceptors (Lipinski definition) is 3. The molecule has 2 heterocycles. The Bertz CT molecular complexity index is 989. The molecule has 0 saturated carbocycles. The minimum absolute atomic E-state index is 0.639. The van der Waals surface area contributed by atoms with Gasteiger partial charge in [-0.25, -0.2) is 10.4 Å². The zero-order valence-electron chi connectivity index (χ0n) is 13.0. The number of anilines is 1. The molecule has 0 spiro atoms. The van der Waals surface area contributed by atoms with Gasteiger partial charge in [0.25, 0.3) is 0 Å². The predicted octanol–water partition coefficient (Wildman–Crippen LogP) is 3.81. The number of fused-ring (bicyclic) bond motifs is 2. The van der Waals surface area contributed by atoms with Crippen LogP contribution in [0.3, 0.4) is 0 Å². The Hall–Kier alpha value is -3.08. The highest BCUT2D eigenvalue weighted by Crippen LogP contribution is 2.23. The molecule has 4 rings (SSSR count). The van der Waals surface area contributed by atoms with Crippen molar-refractivity contribution in [2.24, 2.45) is 12.1 Å². The van der Waals surface area contributed by atoms with Crippen molar-refractivity contribution in [3.8, 4) is 0 Å². The van der Waals surface area contributed by atoms with E-state index in [1.165, 1.54) is 16.6 Å². The number of benzene rings is 2. The summed E-state index contributed by atoms with van der Waals surface area (Å²) in [7, 11) is 2.07. The molecule has 5 nitrogen and oxygen atoms in total. The van der Waals surface area contributed by atoms with Crippen molar-refractivity contribution >= 4 is 34.1 Å². The van der Waals surface area contributed by atoms with Gasteiger partial charge in [0.1, 0.15) is 0 Å². The maximum absolute atomic E-state index is 4.45. The third-order valence-corrected chi connectivity index (χ3v) is 4.20. The summed E-state index contributed by atoms with van der Waals surface area (Å²) in [6.07, 6.45) is 1.85. The Morgan fingerprint density at radius 1 is 1.13 bits per heavy atom. The second kappa shape index (κ2) is 5.28. The topological polar surface area (TPSA) is 58.0 Å². The molecule has 114 valence electrons. The highest BCUT2D eigenvalue weighted by molar-refractivity contribution is 6.01. The van der Waals surface area contributed by atoms with Crippen LogP contribution in [0.4, 0.5) is 5.95 Å². The molecule has 5 heteroatoms. The van der Waals surface area contributed by atoms with Gasteiger partial charge in [-0.2, -0.15) is 5.10 Å². The minimum atomic E-state index is 0.639. The smallest absolute Gasteiger partial charge is 0.222 e. The number of hydrogen-bond donors (Lipinski definition) is 2. The van der Waals surface area contributed by atoms with Crippen LogP contribution in [0.5, 0.6) is 0 Å². The van der Waals surface area contributed by atoms with E-state index in [1.54, 1.807) is 0 Å². The molecule has 0 radical (unpaired) electrons. The van der Waals surface area contributed by atoms with Crippen LogP contribution in [0.2, 0.25) is 0 Å². The summed E-state index contributed by atoms with van der Waals surface area (Å²) < 4.78 is 2.18. The normalized spacial score (nSPS) is 11.7. The van der Waals surface area contributed by atoms with E-state index in [0.29, 0.717) is 5.95 Å². The van der Waals surface area contributed by atoms with E-state index in [-0.39, 0.29) is 0 Å². The molecular weight excluding hydrogens is 286 g/mol. The summed E-state index contributed by atoms with van der Waals surface area (Å²) in [4.78, 5) is 7.65. The first-order chi connectivity index (χ1) is 11.2. The molecule has 0 fully saturated rings. The minimum Gasteiger partial charge on any atom is -0.347 e. The van der Waals surface area contributed by atoms with Crippen LogP contribution in [-0.4, -0.2) is 20.7 Å². The maximum Gasteiger partial charge on any atom is 0.222 e. The maximum atomic E-state index is 4.45. The van der Waals surface area contributed by atoms with Crippen LogP contribution >= 0.6 is 0 Å². The number of nitrogens with zero attached hydrogens (tertiary/aromatic N) is 3. The molecule has 2 aromatic carbocycles. The van der Waals surface area contributed by atoms with Gasteiger partial charge in [-0.3, -0.25) is 0 Å². The number of aryl methyl sites for hydroxylation is 1. The number of aromatic amines is 1. The molecule has 0 aliphatic heterocycles. The van der Waals surface area contributed by atoms with Crippen molar-refractivity contribution in [3.63, 3.8) is 0 Å². The molecular formula is C18H17N5. The Labute approximate surface area is 133 Å². The van der Waals surface area contributed by atoms with Crippen LogP contribution in [-0.2, 0) is 7.05 Å². The van der Waals surface area contributed by atoms with Gasteiger partial charge in [0.2, 0.25) is 5.95 Å². The van der Waals surface area contributed by atoms with Gasteiger partial charge in [0.05, 0.1) is 17.2 Å². The average molecular weight is 303 g/mol. The molecule has 2 aromatic heterocycles. The molecule has 0 aliphatic rings. The fourth-order valence-corrected chi connectivity index (χ4v) is 2.88. The second-order valence-corrected chi connectivity index (χ2v) is 5.55. The van der Waals surface area contributed by atoms with Crippen molar-refractivity contribution < 1.29 is 0 Å². The van der Waals surface area contributed by atoms with Crippen LogP contribution in [0.15, 0.2) is 53.6 Å². The summed E-state index contributed by atoms with van der Waals surface area (Å²) in [5, 5.41) is 5.55. The fraction of sp³-hybridized carbons (Fsp3) is 0.111. The number of imidazole rings is 1. The van der Waals surface area contributed by atoms with Crippen molar-refractivity contribution in [1.82, 2.24) is 14.5 Å². The van der Waals surface area contributed by atoms with Gasteiger partial charge < -0.3 is 9.55 Å². The summed E-state index contributed by atoms with van der Waals surface area (Å²) in [6, 6.07) is 16.2. The molecule has 0 saturated heterocycles. The number of para-hydroxylation sites is 3. The summed E-state index contributed by atoms with van der Waals surface area (Å²) in [6.45, 7) is 2.10. The molecule has 0 atom stereocenters. The van der Waals surface area contributed by atoms with E-state index in [1.807, 2.05) is 36.5 Å². The van der Waals surface area contributed by atoms with E-state index in [9.17, 15) is 0 Å².